The maximum atomic E-state index is 14.2. The Morgan fingerprint density at radius 1 is 0.788 bits per heavy atom. The minimum absolute atomic E-state index is 0.0178. The first-order valence-electron chi connectivity index (χ1n) is 16.7. The molecule has 0 fully saturated rings. The molecule has 0 aliphatic heterocycles. The Kier molecular flexibility index (Phi) is 18.5. The molecule has 1 aromatic heterocycles. The summed E-state index contributed by atoms with van der Waals surface area (Å²) in [6.45, 7) is 3.11. The molecule has 284 valence electrons. The molecule has 52 heavy (non-hydrogen) atoms. The summed E-state index contributed by atoms with van der Waals surface area (Å²) in [4.78, 5) is 38.5. The molecule has 3 rings (SSSR count). The smallest absolute Gasteiger partial charge is 0.329 e. The van der Waals surface area contributed by atoms with Gasteiger partial charge in [-0.1, -0.05) is 19.8 Å². The minimum atomic E-state index is -3.99. The van der Waals surface area contributed by atoms with Crippen molar-refractivity contribution in [3.63, 3.8) is 0 Å². The Hall–Kier alpha value is -4.68. The lowest BCUT2D eigenvalue weighted by atomic mass is 10.1. The van der Waals surface area contributed by atoms with Gasteiger partial charge in [0.15, 0.2) is 0 Å². The van der Waals surface area contributed by atoms with E-state index < -0.39 is 28.5 Å². The number of hydrogen-bond acceptors (Lipinski definition) is 11. The molecule has 4 N–H and O–H groups in total. The number of carboxylic acids is 1. The van der Waals surface area contributed by atoms with Crippen LogP contribution in [0, 0.1) is 5.82 Å². The number of hydrogen-bond donors (Lipinski definition) is 4. The molecule has 2 amide bonds. The molecule has 2 aromatic carbocycles. The largest absolute Gasteiger partial charge is 0.480 e. The van der Waals surface area contributed by atoms with Crippen LogP contribution >= 0.6 is 0 Å². The van der Waals surface area contributed by atoms with Gasteiger partial charge in [0.05, 0.1) is 50.1 Å². The molecular weight excluding hydrogens is 703 g/mol. The van der Waals surface area contributed by atoms with Crippen LogP contribution in [0.4, 0.5) is 10.2 Å². The van der Waals surface area contributed by atoms with Gasteiger partial charge in [0.2, 0.25) is 5.91 Å². The van der Waals surface area contributed by atoms with Crippen molar-refractivity contribution in [1.82, 2.24) is 15.6 Å². The van der Waals surface area contributed by atoms with Gasteiger partial charge >= 0.3 is 5.97 Å². The fourth-order valence-corrected chi connectivity index (χ4v) is 5.40. The average Bonchev–Trinajstić information content (AvgIpc) is 3.12. The molecule has 0 saturated carbocycles. The van der Waals surface area contributed by atoms with Gasteiger partial charge in [-0.2, -0.15) is 0 Å². The summed E-state index contributed by atoms with van der Waals surface area (Å²) < 4.78 is 68.9. The van der Waals surface area contributed by atoms with Crippen molar-refractivity contribution in [2.75, 3.05) is 70.7 Å². The van der Waals surface area contributed by atoms with Crippen LogP contribution in [0.1, 0.15) is 42.1 Å². The molecule has 0 radical (unpaired) electrons. The van der Waals surface area contributed by atoms with Crippen LogP contribution in [0.5, 0.6) is 11.5 Å². The Labute approximate surface area is 302 Å². The summed E-state index contributed by atoms with van der Waals surface area (Å²) in [6, 6.07) is 13.1. The van der Waals surface area contributed by atoms with Gasteiger partial charge in [0.25, 0.3) is 15.9 Å². The lowest BCUT2D eigenvalue weighted by molar-refractivity contribution is -0.142. The first-order chi connectivity index (χ1) is 25.1. The van der Waals surface area contributed by atoms with Crippen molar-refractivity contribution in [2.24, 2.45) is 0 Å². The number of carbonyl (C=O) groups excluding carboxylic acids is 2. The van der Waals surface area contributed by atoms with E-state index in [0.717, 1.165) is 19.3 Å². The molecule has 0 unspecified atom stereocenters. The van der Waals surface area contributed by atoms with Crippen molar-refractivity contribution in [3.05, 3.63) is 77.7 Å². The van der Waals surface area contributed by atoms with E-state index in [9.17, 15) is 27.2 Å². The van der Waals surface area contributed by atoms with Crippen LogP contribution in [0.2, 0.25) is 0 Å². The topological polar surface area (TPSA) is 201 Å². The quantitative estimate of drug-likeness (QED) is 0.0872. The Morgan fingerprint density at radius 2 is 1.44 bits per heavy atom. The van der Waals surface area contributed by atoms with E-state index in [1.165, 1.54) is 54.7 Å². The zero-order chi connectivity index (χ0) is 37.6. The highest BCUT2D eigenvalue weighted by molar-refractivity contribution is 7.92. The summed E-state index contributed by atoms with van der Waals surface area (Å²) in [7, 11) is -3.99. The molecule has 3 aromatic rings. The van der Waals surface area contributed by atoms with Crippen LogP contribution in [0.3, 0.4) is 0 Å². The number of aryl methyl sites for hydroxylation is 1. The molecule has 0 atom stereocenters. The number of anilines is 1. The molecule has 0 spiro atoms. The van der Waals surface area contributed by atoms with E-state index in [-0.39, 0.29) is 87.3 Å². The van der Waals surface area contributed by atoms with E-state index in [4.69, 9.17) is 28.8 Å². The highest BCUT2D eigenvalue weighted by Crippen LogP contribution is 2.26. The Morgan fingerprint density at radius 3 is 2.10 bits per heavy atom. The third-order valence-corrected chi connectivity index (χ3v) is 8.38. The van der Waals surface area contributed by atoms with Gasteiger partial charge in [-0.25, -0.2) is 22.6 Å². The normalized spacial score (nSPS) is 11.2. The number of pyridine rings is 1. The third-order valence-electron chi connectivity index (χ3n) is 7.00. The van der Waals surface area contributed by atoms with Crippen molar-refractivity contribution < 1.29 is 56.0 Å². The summed E-state index contributed by atoms with van der Waals surface area (Å²) in [5.74, 6) is -1.25. The zero-order valence-electron chi connectivity index (χ0n) is 28.9. The summed E-state index contributed by atoms with van der Waals surface area (Å²) in [5, 5.41) is 13.7. The molecule has 17 heteroatoms. The lowest BCUT2D eigenvalue weighted by Crippen LogP contribution is -2.31. The number of sulfonamides is 1. The van der Waals surface area contributed by atoms with Crippen LogP contribution in [0.15, 0.2) is 65.7 Å². The number of ether oxygens (including phenoxy) is 5. The van der Waals surface area contributed by atoms with E-state index in [1.54, 1.807) is 6.07 Å². The second-order valence-corrected chi connectivity index (χ2v) is 12.8. The maximum absolute atomic E-state index is 14.2. The number of rotatable bonds is 26. The highest BCUT2D eigenvalue weighted by Gasteiger charge is 2.16. The van der Waals surface area contributed by atoms with E-state index in [1.807, 2.05) is 0 Å². The Bertz CT molecular complexity index is 1660. The number of benzene rings is 2. The van der Waals surface area contributed by atoms with Crippen LogP contribution in [-0.4, -0.2) is 102 Å². The first kappa shape index (κ1) is 41.7. The van der Waals surface area contributed by atoms with Crippen molar-refractivity contribution in [2.45, 2.75) is 37.5 Å². The standard InChI is InChI=1S/C35H45FN4O11S/c1-2-3-4-5-26-22-29(9-12-31(26)36)51-28-7-10-30(11-8-28)52(45,46)40-32-13-6-27(23-39-32)35(44)38-15-17-48-18-20-49-24-33(41)37-14-16-47-19-21-50-25-34(42)43/h6-13,22-23H,2-5,14-21,24-25H2,1H3,(H,37,41)(H,38,44)(H,39,40)(H,42,43). The molecule has 1 heterocycles. The van der Waals surface area contributed by atoms with E-state index in [0.29, 0.717) is 23.5 Å². The number of aliphatic carboxylic acids is 1. The number of amides is 2. The SMILES string of the molecule is CCCCCc1cc(Oc2ccc(S(=O)(=O)Nc3ccc(C(=O)NCCOCCOCC(=O)NCCOCCOCC(=O)O)cn3)cc2)ccc1F. The van der Waals surface area contributed by atoms with Gasteiger partial charge < -0.3 is 39.4 Å². The number of halogens is 1. The number of unbranched alkanes of at least 4 members (excludes halogenated alkanes) is 2. The second-order valence-electron chi connectivity index (χ2n) is 11.2. The van der Waals surface area contributed by atoms with Gasteiger partial charge in [0, 0.05) is 19.3 Å². The fraction of sp³-hybridized carbons (Fsp3) is 0.429. The molecule has 0 saturated heterocycles. The molecule has 15 nitrogen and oxygen atoms in total. The number of carbonyl (C=O) groups is 3. The molecule has 0 bridgehead atoms. The van der Waals surface area contributed by atoms with Crippen molar-refractivity contribution in [3.8, 4) is 11.5 Å². The monoisotopic (exact) mass is 748 g/mol. The predicted octanol–water partition coefficient (Wildman–Crippen LogP) is 3.54. The predicted molar refractivity (Wildman–Crippen MR) is 187 cm³/mol. The van der Waals surface area contributed by atoms with E-state index in [2.05, 4.69) is 27.3 Å². The summed E-state index contributed by atoms with van der Waals surface area (Å²) in [6.07, 6.45) is 4.76. The van der Waals surface area contributed by atoms with Gasteiger partial charge in [-0.3, -0.25) is 14.3 Å². The van der Waals surface area contributed by atoms with Crippen LogP contribution in [0.25, 0.3) is 0 Å². The number of aromatic nitrogens is 1. The lowest BCUT2D eigenvalue weighted by Gasteiger charge is -2.11. The zero-order valence-corrected chi connectivity index (χ0v) is 29.8. The van der Waals surface area contributed by atoms with Gasteiger partial charge in [-0.05, 0) is 73.0 Å². The first-order valence-corrected chi connectivity index (χ1v) is 18.2. The van der Waals surface area contributed by atoms with Gasteiger partial charge in [-0.15, -0.1) is 0 Å². The number of carboxylic acid groups (broad SMARTS) is 1. The third kappa shape index (κ3) is 16.1. The summed E-state index contributed by atoms with van der Waals surface area (Å²) >= 11 is 0. The van der Waals surface area contributed by atoms with E-state index >= 15 is 0 Å². The maximum Gasteiger partial charge on any atom is 0.329 e. The van der Waals surface area contributed by atoms with Crippen molar-refractivity contribution in [1.29, 1.82) is 0 Å². The second kappa shape index (κ2) is 23.0. The minimum Gasteiger partial charge on any atom is -0.480 e. The number of nitrogens with one attached hydrogen (secondary N) is 3. The molecule has 0 aliphatic rings. The van der Waals surface area contributed by atoms with Crippen molar-refractivity contribution >= 4 is 33.6 Å². The van der Waals surface area contributed by atoms with Gasteiger partial charge in [0.1, 0.15) is 36.3 Å². The van der Waals surface area contributed by atoms with Crippen LogP contribution < -0.4 is 20.1 Å². The highest BCUT2D eigenvalue weighted by atomic mass is 32.2. The molecular formula is C35H45FN4O11S. The average molecular weight is 749 g/mol. The fourth-order valence-electron chi connectivity index (χ4n) is 4.40. The molecule has 0 aliphatic carbocycles. The number of nitrogens with zero attached hydrogens (tertiary/aromatic N) is 1. The van der Waals surface area contributed by atoms with Crippen LogP contribution in [-0.2, 0) is 45.0 Å². The Balaban J connectivity index is 1.29. The summed E-state index contributed by atoms with van der Waals surface area (Å²) in [5.41, 5.74) is 0.783.